The number of carboxylic acids is 1. The van der Waals surface area contributed by atoms with E-state index in [2.05, 4.69) is 0 Å². The Morgan fingerprint density at radius 2 is 1.80 bits per heavy atom. The number of benzene rings is 1. The fourth-order valence-corrected chi connectivity index (χ4v) is 1.11. The highest BCUT2D eigenvalue weighted by Crippen LogP contribution is 2.14. The van der Waals surface area contributed by atoms with Crippen molar-refractivity contribution in [3.05, 3.63) is 51.7 Å². The normalized spacial score (nSPS) is 11.1. The maximum atomic E-state index is 10.5. The van der Waals surface area contributed by atoms with Crippen molar-refractivity contribution >= 4 is 11.5 Å². The van der Waals surface area contributed by atoms with E-state index in [1.54, 1.807) is 19.1 Å². The van der Waals surface area contributed by atoms with Crippen LogP contribution in [0.5, 0.6) is 0 Å². The smallest absolute Gasteiger partial charge is 0.335 e. The molecule has 0 radical (unpaired) electrons. The van der Waals surface area contributed by atoms with Crippen LogP contribution >= 0.6 is 0 Å². The summed E-state index contributed by atoms with van der Waals surface area (Å²) < 4.78 is 0. The molecule has 1 aromatic carbocycles. The largest absolute Gasteiger partial charge is 0.478 e. The molecule has 0 amide bonds. The van der Waals surface area contributed by atoms with Crippen molar-refractivity contribution in [2.24, 2.45) is 0 Å². The summed E-state index contributed by atoms with van der Waals surface area (Å²) in [5.74, 6) is -1.02. The van der Waals surface area contributed by atoms with E-state index in [1.165, 1.54) is 12.1 Å². The minimum Gasteiger partial charge on any atom is -0.478 e. The molecule has 5 nitrogen and oxygen atoms in total. The van der Waals surface area contributed by atoms with Crippen LogP contribution in [0.3, 0.4) is 0 Å². The molecule has 1 rings (SSSR count). The van der Waals surface area contributed by atoms with E-state index in [0.29, 0.717) is 11.1 Å². The highest BCUT2D eigenvalue weighted by Gasteiger charge is 2.04. The average Bonchev–Trinajstić information content (AvgIpc) is 2.17. The number of hydrogen-bond acceptors (Lipinski definition) is 3. The molecule has 0 aliphatic carbocycles. The summed E-state index contributed by atoms with van der Waals surface area (Å²) in [5.41, 5.74) is 1.28. The van der Waals surface area contributed by atoms with Crippen molar-refractivity contribution in [2.75, 3.05) is 0 Å². The van der Waals surface area contributed by atoms with Crippen molar-refractivity contribution in [3.8, 4) is 0 Å². The van der Waals surface area contributed by atoms with Gasteiger partial charge in [-0.25, -0.2) is 4.79 Å². The molecule has 0 spiro atoms. The first kappa shape index (κ1) is 10.9. The molecule has 0 aliphatic rings. The van der Waals surface area contributed by atoms with E-state index < -0.39 is 10.9 Å². The van der Waals surface area contributed by atoms with Crippen LogP contribution in [0.15, 0.2) is 30.5 Å². The number of hydrogen-bond donors (Lipinski definition) is 1. The number of nitrogens with zero attached hydrogens (tertiary/aromatic N) is 1. The molecule has 0 bridgehead atoms. The lowest BCUT2D eigenvalue weighted by Crippen LogP contribution is -1.95. The van der Waals surface area contributed by atoms with Crippen molar-refractivity contribution in [2.45, 2.75) is 6.92 Å². The van der Waals surface area contributed by atoms with Crippen LogP contribution in [0.25, 0.3) is 5.57 Å². The van der Waals surface area contributed by atoms with E-state index in [9.17, 15) is 14.9 Å². The maximum Gasteiger partial charge on any atom is 0.335 e. The van der Waals surface area contributed by atoms with Gasteiger partial charge in [0.15, 0.2) is 0 Å². The van der Waals surface area contributed by atoms with Gasteiger partial charge in [0.25, 0.3) is 0 Å². The van der Waals surface area contributed by atoms with Crippen LogP contribution in [-0.2, 0) is 0 Å². The van der Waals surface area contributed by atoms with Gasteiger partial charge in [0.05, 0.1) is 10.5 Å². The van der Waals surface area contributed by atoms with Gasteiger partial charge in [0.2, 0.25) is 6.20 Å². The fraction of sp³-hybridized carbons (Fsp3) is 0.100. The highest BCUT2D eigenvalue weighted by molar-refractivity contribution is 5.88. The fourth-order valence-electron chi connectivity index (χ4n) is 1.11. The molecular weight excluding hydrogens is 198 g/mol. The van der Waals surface area contributed by atoms with Gasteiger partial charge in [-0.2, -0.15) is 0 Å². The van der Waals surface area contributed by atoms with Crippen LogP contribution < -0.4 is 0 Å². The first-order valence-electron chi connectivity index (χ1n) is 4.16. The average molecular weight is 207 g/mol. The van der Waals surface area contributed by atoms with Crippen molar-refractivity contribution in [1.82, 2.24) is 0 Å². The Labute approximate surface area is 85.8 Å². The topological polar surface area (TPSA) is 80.4 Å². The zero-order valence-electron chi connectivity index (χ0n) is 8.01. The summed E-state index contributed by atoms with van der Waals surface area (Å²) in [6.07, 6.45) is 0.885. The molecule has 0 fully saturated rings. The first-order chi connectivity index (χ1) is 7.00. The Kier molecular flexibility index (Phi) is 3.17. The van der Waals surface area contributed by atoms with Crippen LogP contribution in [-0.4, -0.2) is 16.0 Å². The number of rotatable bonds is 3. The quantitative estimate of drug-likeness (QED) is 0.607. The van der Waals surface area contributed by atoms with Gasteiger partial charge >= 0.3 is 5.97 Å². The maximum absolute atomic E-state index is 10.5. The molecule has 0 saturated carbocycles. The molecule has 15 heavy (non-hydrogen) atoms. The Morgan fingerprint density at radius 1 is 1.33 bits per heavy atom. The Bertz CT molecular complexity index is 420. The number of carbonyl (C=O) groups is 1. The zero-order chi connectivity index (χ0) is 11.4. The molecule has 0 unspecified atom stereocenters. The lowest BCUT2D eigenvalue weighted by Gasteiger charge is -1.99. The van der Waals surface area contributed by atoms with E-state index in [0.717, 1.165) is 6.20 Å². The second-order valence-corrected chi connectivity index (χ2v) is 2.98. The van der Waals surface area contributed by atoms with Gasteiger partial charge in [-0.3, -0.25) is 10.1 Å². The molecule has 0 aliphatic heterocycles. The van der Waals surface area contributed by atoms with Crippen LogP contribution in [0.4, 0.5) is 0 Å². The third-order valence-corrected chi connectivity index (χ3v) is 1.89. The lowest BCUT2D eigenvalue weighted by molar-refractivity contribution is -0.401. The summed E-state index contributed by atoms with van der Waals surface area (Å²) in [6.45, 7) is 1.60. The second kappa shape index (κ2) is 4.36. The number of nitro groups is 1. The molecular formula is C10H9NO4. The summed E-state index contributed by atoms with van der Waals surface area (Å²) in [4.78, 5) is 20.2. The molecule has 0 atom stereocenters. The standard InChI is InChI=1S/C10H9NO4/c1-7(6-11(14)15)8-2-4-9(5-3-8)10(12)13/h2-6H,1H3,(H,12,13). The van der Waals surface area contributed by atoms with Gasteiger partial charge in [0, 0.05) is 5.57 Å². The summed E-state index contributed by atoms with van der Waals surface area (Å²) in [6, 6.07) is 5.90. The van der Waals surface area contributed by atoms with Gasteiger partial charge in [0.1, 0.15) is 0 Å². The van der Waals surface area contributed by atoms with Crippen LogP contribution in [0.1, 0.15) is 22.8 Å². The molecule has 1 aromatic rings. The molecule has 0 saturated heterocycles. The van der Waals surface area contributed by atoms with Crippen molar-refractivity contribution < 1.29 is 14.8 Å². The third-order valence-electron chi connectivity index (χ3n) is 1.89. The first-order valence-corrected chi connectivity index (χ1v) is 4.16. The van der Waals surface area contributed by atoms with Gasteiger partial charge in [-0.1, -0.05) is 12.1 Å². The molecule has 1 N–H and O–H groups in total. The molecule has 78 valence electrons. The molecule has 0 heterocycles. The molecule has 0 aromatic heterocycles. The summed E-state index contributed by atoms with van der Waals surface area (Å²) in [7, 11) is 0. The monoisotopic (exact) mass is 207 g/mol. The van der Waals surface area contributed by atoms with E-state index >= 15 is 0 Å². The predicted molar refractivity (Wildman–Crippen MR) is 54.0 cm³/mol. The molecule has 5 heteroatoms. The van der Waals surface area contributed by atoms with Crippen LogP contribution in [0, 0.1) is 10.1 Å². The minimum atomic E-state index is -1.02. The predicted octanol–water partition coefficient (Wildman–Crippen LogP) is 2.02. The van der Waals surface area contributed by atoms with E-state index in [-0.39, 0.29) is 5.56 Å². The lowest BCUT2D eigenvalue weighted by atomic mass is 10.1. The number of aromatic carboxylic acids is 1. The van der Waals surface area contributed by atoms with Gasteiger partial charge in [-0.15, -0.1) is 0 Å². The van der Waals surface area contributed by atoms with E-state index in [1.807, 2.05) is 0 Å². The van der Waals surface area contributed by atoms with Gasteiger partial charge in [-0.05, 0) is 24.6 Å². The van der Waals surface area contributed by atoms with Gasteiger partial charge < -0.3 is 5.11 Å². The Hall–Kier alpha value is -2.17. The van der Waals surface area contributed by atoms with Crippen molar-refractivity contribution in [1.29, 1.82) is 0 Å². The summed E-state index contributed by atoms with van der Waals surface area (Å²) >= 11 is 0. The Balaban J connectivity index is 2.99. The summed E-state index contributed by atoms with van der Waals surface area (Å²) in [5, 5.41) is 18.8. The van der Waals surface area contributed by atoms with E-state index in [4.69, 9.17) is 5.11 Å². The van der Waals surface area contributed by atoms with Crippen molar-refractivity contribution in [3.63, 3.8) is 0 Å². The second-order valence-electron chi connectivity index (χ2n) is 2.98. The number of carboxylic acid groups (broad SMARTS) is 1. The SMILES string of the molecule is CC(=C[N+](=O)[O-])c1ccc(C(=O)O)cc1. The highest BCUT2D eigenvalue weighted by atomic mass is 16.6. The zero-order valence-corrected chi connectivity index (χ0v) is 8.01. The number of allylic oxidation sites excluding steroid dienone is 1. The van der Waals surface area contributed by atoms with Crippen LogP contribution in [0.2, 0.25) is 0 Å². The minimum absolute atomic E-state index is 0.160. The third kappa shape index (κ3) is 2.91. The Morgan fingerprint density at radius 3 is 2.20 bits per heavy atom.